The summed E-state index contributed by atoms with van der Waals surface area (Å²) in [6, 6.07) is 0. The van der Waals surface area contributed by atoms with Gasteiger partial charge in [-0.1, -0.05) is 54.4 Å². The molecule has 0 aromatic carbocycles. The molecule has 0 aliphatic heterocycles. The van der Waals surface area contributed by atoms with Gasteiger partial charge in [-0.25, -0.2) is 0 Å². The van der Waals surface area contributed by atoms with Crippen LogP contribution in [0.1, 0.15) is 73.6 Å². The third-order valence-corrected chi connectivity index (χ3v) is 7.02. The molecule has 2 saturated carbocycles. The van der Waals surface area contributed by atoms with E-state index in [1.165, 1.54) is 32.1 Å². The van der Waals surface area contributed by atoms with E-state index in [2.05, 4.69) is 41.5 Å². The van der Waals surface area contributed by atoms with Crippen LogP contribution in [0.5, 0.6) is 0 Å². The molecule has 7 atom stereocenters. The van der Waals surface area contributed by atoms with Crippen LogP contribution < -0.4 is 0 Å². The third-order valence-electron chi connectivity index (χ3n) is 7.02. The van der Waals surface area contributed by atoms with Crippen molar-refractivity contribution in [3.8, 4) is 0 Å². The number of hydrogen-bond donors (Lipinski definition) is 0. The van der Waals surface area contributed by atoms with Crippen molar-refractivity contribution < 1.29 is 0 Å². The van der Waals surface area contributed by atoms with Gasteiger partial charge in [0.15, 0.2) is 0 Å². The lowest BCUT2D eigenvalue weighted by Crippen LogP contribution is -2.50. The highest BCUT2D eigenvalue weighted by Gasteiger charge is 2.51. The van der Waals surface area contributed by atoms with E-state index in [1.54, 1.807) is 0 Å². The Morgan fingerprint density at radius 1 is 1.11 bits per heavy atom. The molecule has 2 fully saturated rings. The topological polar surface area (TPSA) is 0 Å². The molecule has 2 aliphatic rings. The Kier molecular flexibility index (Phi) is 4.14. The van der Waals surface area contributed by atoms with Crippen LogP contribution in [-0.4, -0.2) is 0 Å². The molecular formula is C18H34. The Bertz CT molecular complexity index is 282. The second-order valence-electron chi connectivity index (χ2n) is 7.88. The van der Waals surface area contributed by atoms with Gasteiger partial charge in [0.1, 0.15) is 0 Å². The van der Waals surface area contributed by atoms with Crippen LogP contribution >= 0.6 is 0 Å². The lowest BCUT2D eigenvalue weighted by atomic mass is 9.47. The molecule has 0 saturated heterocycles. The molecule has 0 heteroatoms. The van der Waals surface area contributed by atoms with Crippen molar-refractivity contribution in [2.24, 2.45) is 40.9 Å². The predicted molar refractivity (Wildman–Crippen MR) is 80.5 cm³/mol. The third kappa shape index (κ3) is 2.14. The average Bonchev–Trinajstić information content (AvgIpc) is 2.32. The Morgan fingerprint density at radius 3 is 2.22 bits per heavy atom. The Hall–Kier alpha value is 0. The zero-order chi connectivity index (χ0) is 13.5. The molecule has 0 N–H and O–H groups in total. The van der Waals surface area contributed by atoms with Gasteiger partial charge in [-0.3, -0.25) is 0 Å². The smallest absolute Gasteiger partial charge is 0.0267 e. The number of rotatable bonds is 5. The van der Waals surface area contributed by atoms with E-state index < -0.39 is 0 Å². The first-order chi connectivity index (χ1) is 8.43. The van der Waals surface area contributed by atoms with Crippen LogP contribution in [0, 0.1) is 40.9 Å². The van der Waals surface area contributed by atoms with E-state index in [4.69, 9.17) is 0 Å². The fraction of sp³-hybridized carbons (Fsp3) is 1.00. The summed E-state index contributed by atoms with van der Waals surface area (Å²) in [7, 11) is 0. The van der Waals surface area contributed by atoms with Crippen molar-refractivity contribution in [3.05, 3.63) is 0 Å². The molecule has 0 radical (unpaired) electrons. The van der Waals surface area contributed by atoms with Gasteiger partial charge < -0.3 is 0 Å². The van der Waals surface area contributed by atoms with Crippen molar-refractivity contribution in [2.45, 2.75) is 73.6 Å². The summed E-state index contributed by atoms with van der Waals surface area (Å²) in [4.78, 5) is 0. The first kappa shape index (κ1) is 14.4. The second kappa shape index (κ2) is 5.17. The molecule has 0 spiro atoms. The Balaban J connectivity index is 1.93. The maximum atomic E-state index is 2.58. The standard InChI is InChI=1S/C18H34/c1-7-15-9-12(3)16(15)10-14(5)18(6)11-13(4)17(18)8-2/h12-17H,7-11H2,1-6H3. The molecule has 0 aromatic heterocycles. The summed E-state index contributed by atoms with van der Waals surface area (Å²) in [5.41, 5.74) is 0.655. The van der Waals surface area contributed by atoms with E-state index in [-0.39, 0.29) is 0 Å². The van der Waals surface area contributed by atoms with Gasteiger partial charge >= 0.3 is 0 Å². The molecule has 0 heterocycles. The van der Waals surface area contributed by atoms with Crippen LogP contribution in [0.2, 0.25) is 0 Å². The zero-order valence-corrected chi connectivity index (χ0v) is 13.5. The summed E-state index contributed by atoms with van der Waals surface area (Å²) in [6.07, 6.45) is 7.27. The molecule has 2 rings (SSSR count). The molecule has 7 unspecified atom stereocenters. The lowest BCUT2D eigenvalue weighted by Gasteiger charge is -2.58. The highest BCUT2D eigenvalue weighted by molar-refractivity contribution is 5.00. The Labute approximate surface area is 115 Å². The van der Waals surface area contributed by atoms with Gasteiger partial charge in [0.05, 0.1) is 0 Å². The minimum Gasteiger partial charge on any atom is -0.0651 e. The molecule has 106 valence electrons. The highest BCUT2D eigenvalue weighted by Crippen LogP contribution is 2.59. The van der Waals surface area contributed by atoms with Crippen LogP contribution in [0.4, 0.5) is 0 Å². The van der Waals surface area contributed by atoms with Gasteiger partial charge in [0.2, 0.25) is 0 Å². The van der Waals surface area contributed by atoms with Gasteiger partial charge in [0, 0.05) is 0 Å². The van der Waals surface area contributed by atoms with E-state index >= 15 is 0 Å². The molecule has 18 heavy (non-hydrogen) atoms. The predicted octanol–water partition coefficient (Wildman–Crippen LogP) is 5.77. The molecular weight excluding hydrogens is 216 g/mol. The van der Waals surface area contributed by atoms with E-state index in [0.717, 1.165) is 35.5 Å². The Morgan fingerprint density at radius 2 is 1.78 bits per heavy atom. The van der Waals surface area contributed by atoms with Crippen LogP contribution in [0.15, 0.2) is 0 Å². The summed E-state index contributed by atoms with van der Waals surface area (Å²) < 4.78 is 0. The van der Waals surface area contributed by atoms with Crippen molar-refractivity contribution >= 4 is 0 Å². The molecule has 0 nitrogen and oxygen atoms in total. The highest BCUT2D eigenvalue weighted by atomic mass is 14.6. The fourth-order valence-electron chi connectivity index (χ4n) is 5.58. The largest absolute Gasteiger partial charge is 0.0651 e. The van der Waals surface area contributed by atoms with Crippen molar-refractivity contribution in [3.63, 3.8) is 0 Å². The van der Waals surface area contributed by atoms with Crippen LogP contribution in [-0.2, 0) is 0 Å². The zero-order valence-electron chi connectivity index (χ0n) is 13.5. The summed E-state index contributed by atoms with van der Waals surface area (Å²) in [5.74, 6) is 5.98. The summed E-state index contributed by atoms with van der Waals surface area (Å²) in [6.45, 7) is 14.8. The van der Waals surface area contributed by atoms with Crippen LogP contribution in [0.25, 0.3) is 0 Å². The van der Waals surface area contributed by atoms with E-state index in [0.29, 0.717) is 5.41 Å². The van der Waals surface area contributed by atoms with Gasteiger partial charge in [-0.05, 0) is 60.2 Å². The lowest BCUT2D eigenvalue weighted by molar-refractivity contribution is -0.0848. The molecule has 0 aromatic rings. The van der Waals surface area contributed by atoms with Crippen molar-refractivity contribution in [1.29, 1.82) is 0 Å². The molecule has 2 aliphatic carbocycles. The van der Waals surface area contributed by atoms with Crippen molar-refractivity contribution in [1.82, 2.24) is 0 Å². The molecule has 0 amide bonds. The summed E-state index contributed by atoms with van der Waals surface area (Å²) >= 11 is 0. The van der Waals surface area contributed by atoms with Crippen molar-refractivity contribution in [2.75, 3.05) is 0 Å². The van der Waals surface area contributed by atoms with Gasteiger partial charge in [-0.15, -0.1) is 0 Å². The SMILES string of the molecule is CCC1CC(C)C1CC(C)C1(C)CC(C)C1CC. The molecule has 0 bridgehead atoms. The second-order valence-corrected chi connectivity index (χ2v) is 7.88. The van der Waals surface area contributed by atoms with Gasteiger partial charge in [0.25, 0.3) is 0 Å². The summed E-state index contributed by atoms with van der Waals surface area (Å²) in [5, 5.41) is 0. The number of hydrogen-bond acceptors (Lipinski definition) is 0. The maximum Gasteiger partial charge on any atom is -0.0267 e. The monoisotopic (exact) mass is 250 g/mol. The minimum absolute atomic E-state index is 0.655. The first-order valence-electron chi connectivity index (χ1n) is 8.43. The average molecular weight is 250 g/mol. The maximum absolute atomic E-state index is 2.58. The van der Waals surface area contributed by atoms with E-state index in [1.807, 2.05) is 0 Å². The van der Waals surface area contributed by atoms with E-state index in [9.17, 15) is 0 Å². The van der Waals surface area contributed by atoms with Crippen LogP contribution in [0.3, 0.4) is 0 Å². The van der Waals surface area contributed by atoms with Gasteiger partial charge in [-0.2, -0.15) is 0 Å². The first-order valence-corrected chi connectivity index (χ1v) is 8.43. The quantitative estimate of drug-likeness (QED) is 0.581. The minimum atomic E-state index is 0.655. The fourth-order valence-corrected chi connectivity index (χ4v) is 5.58. The normalized spacial score (nSPS) is 49.3.